The number of hydrogen-bond acceptors (Lipinski definition) is 3. The van der Waals surface area contributed by atoms with E-state index >= 15 is 0 Å². The van der Waals surface area contributed by atoms with Crippen LogP contribution in [0.4, 0.5) is 23.8 Å². The lowest BCUT2D eigenvalue weighted by atomic mass is 9.77. The smallest absolute Gasteiger partial charge is 0.310 e. The second-order valence-electron chi connectivity index (χ2n) is 8.17. The number of nitrogens with zero attached hydrogens (tertiary/aromatic N) is 2. The van der Waals surface area contributed by atoms with Gasteiger partial charge in [-0.25, -0.2) is 9.98 Å². The van der Waals surface area contributed by atoms with Gasteiger partial charge in [0.05, 0.1) is 0 Å². The molecule has 10 heteroatoms. The quantitative estimate of drug-likeness (QED) is 0.230. The molecule has 0 saturated carbocycles. The van der Waals surface area contributed by atoms with Crippen molar-refractivity contribution in [2.24, 2.45) is 10.7 Å². The number of amidine groups is 1. The Bertz CT molecular complexity index is 1500. The number of rotatable bonds is 4. The Balaban J connectivity index is 1.77. The van der Waals surface area contributed by atoms with Crippen LogP contribution in [0.3, 0.4) is 0 Å². The molecule has 3 nitrogen and oxygen atoms in total. The Labute approximate surface area is 196 Å². The Morgan fingerprint density at radius 1 is 0.714 bits per heavy atom. The van der Waals surface area contributed by atoms with E-state index in [-0.39, 0.29) is 17.0 Å². The summed E-state index contributed by atoms with van der Waals surface area (Å²) in [5.74, 6) is -0.566. The van der Waals surface area contributed by atoms with Gasteiger partial charge in [0.2, 0.25) is 5.95 Å². The van der Waals surface area contributed by atoms with Crippen molar-refractivity contribution in [3.8, 4) is 11.1 Å². The molecule has 0 spiro atoms. The van der Waals surface area contributed by atoms with E-state index in [0.29, 0.717) is 34.4 Å². The van der Waals surface area contributed by atoms with Crippen LogP contribution in [-0.4, -0.2) is 10.8 Å². The van der Waals surface area contributed by atoms with Gasteiger partial charge in [0, 0.05) is 17.3 Å². The highest BCUT2D eigenvalue weighted by Gasteiger charge is 2.65. The van der Waals surface area contributed by atoms with Crippen LogP contribution in [0.5, 0.6) is 0 Å². The van der Waals surface area contributed by atoms with Gasteiger partial charge >= 0.3 is 10.2 Å². The summed E-state index contributed by atoms with van der Waals surface area (Å²) in [6, 6.07) is 19.3. The van der Waals surface area contributed by atoms with Crippen LogP contribution in [0.2, 0.25) is 0 Å². The highest BCUT2D eigenvalue weighted by atomic mass is 32.5. The SMILES string of the molecule is NC1=NC(c2ccc(S(F)(F)(F)(F)F)cc2)(c2cccc(-c3cccnc3F)c2)c2ccccc21. The van der Waals surface area contributed by atoms with E-state index in [1.807, 2.05) is 0 Å². The average Bonchev–Trinajstić information content (AvgIpc) is 3.12. The monoisotopic (exact) mass is 505 g/mol. The summed E-state index contributed by atoms with van der Waals surface area (Å²) < 4.78 is 81.2. The lowest BCUT2D eigenvalue weighted by Crippen LogP contribution is -2.25. The first-order valence-electron chi connectivity index (χ1n) is 10.3. The zero-order valence-corrected chi connectivity index (χ0v) is 18.6. The third kappa shape index (κ3) is 3.83. The lowest BCUT2D eigenvalue weighted by molar-refractivity contribution is 0.364. The van der Waals surface area contributed by atoms with E-state index in [9.17, 15) is 23.8 Å². The Kier molecular flexibility index (Phi) is 4.52. The molecule has 3 aromatic carbocycles. The highest BCUT2D eigenvalue weighted by Crippen LogP contribution is 3.02. The van der Waals surface area contributed by atoms with Gasteiger partial charge in [0.25, 0.3) is 0 Å². The van der Waals surface area contributed by atoms with Crippen molar-refractivity contribution < 1.29 is 23.8 Å². The van der Waals surface area contributed by atoms with E-state index in [2.05, 4.69) is 9.98 Å². The summed E-state index contributed by atoms with van der Waals surface area (Å²) in [7, 11) is -9.87. The van der Waals surface area contributed by atoms with Gasteiger partial charge in [-0.3, -0.25) is 0 Å². The summed E-state index contributed by atoms with van der Waals surface area (Å²) in [6.07, 6.45) is 1.31. The van der Waals surface area contributed by atoms with Gasteiger partial charge < -0.3 is 5.73 Å². The number of pyridine rings is 1. The van der Waals surface area contributed by atoms with Crippen molar-refractivity contribution >= 4 is 16.1 Å². The van der Waals surface area contributed by atoms with Crippen LogP contribution in [0.15, 0.2) is 101 Å². The summed E-state index contributed by atoms with van der Waals surface area (Å²) in [5, 5.41) is 0. The third-order valence-corrected chi connectivity index (χ3v) is 7.11. The molecule has 0 bridgehead atoms. The number of fused-ring (bicyclic) bond motifs is 1. The number of aliphatic imine (C=N–C) groups is 1. The molecule has 35 heavy (non-hydrogen) atoms. The molecule has 5 rings (SSSR count). The second kappa shape index (κ2) is 6.88. The van der Waals surface area contributed by atoms with Crippen LogP contribution in [-0.2, 0) is 5.54 Å². The van der Waals surface area contributed by atoms with Gasteiger partial charge in [-0.2, -0.15) is 4.39 Å². The van der Waals surface area contributed by atoms with Crippen molar-refractivity contribution in [2.45, 2.75) is 10.4 Å². The fourth-order valence-corrected chi connectivity index (χ4v) is 5.05. The molecule has 0 saturated heterocycles. The summed E-state index contributed by atoms with van der Waals surface area (Å²) >= 11 is 0. The topological polar surface area (TPSA) is 51.3 Å². The molecule has 0 fully saturated rings. The molecular formula is C25H17F6N3S. The largest absolute Gasteiger partial charge is 0.383 e. The summed E-state index contributed by atoms with van der Waals surface area (Å²) in [4.78, 5) is 6.30. The van der Waals surface area contributed by atoms with Crippen molar-refractivity contribution in [1.29, 1.82) is 0 Å². The summed E-state index contributed by atoms with van der Waals surface area (Å²) in [5.41, 5.74) is 7.20. The molecule has 1 atom stereocenters. The number of aromatic nitrogens is 1. The molecule has 1 aliphatic heterocycles. The van der Waals surface area contributed by atoms with Crippen molar-refractivity contribution in [2.75, 3.05) is 0 Å². The first-order valence-corrected chi connectivity index (χ1v) is 12.3. The van der Waals surface area contributed by atoms with Crippen LogP contribution < -0.4 is 5.73 Å². The minimum atomic E-state index is -9.87. The molecule has 0 radical (unpaired) electrons. The van der Waals surface area contributed by atoms with Gasteiger partial charge in [0.15, 0.2) is 0 Å². The standard InChI is InChI=1S/C25H17F6N3S/c26-23-20(8-4-14-33-23)16-5-3-6-18(15-16)25(22-9-2-1-7-21(22)24(32)34-25)17-10-12-19(13-11-17)35(27,28,29,30)31/h1-15H,(H2,32,34). The van der Waals surface area contributed by atoms with Crippen LogP contribution >= 0.6 is 10.2 Å². The van der Waals surface area contributed by atoms with E-state index < -0.39 is 26.6 Å². The molecule has 0 aliphatic carbocycles. The molecular weight excluding hydrogens is 488 g/mol. The molecule has 1 aliphatic rings. The van der Waals surface area contributed by atoms with Crippen molar-refractivity contribution in [1.82, 2.24) is 4.98 Å². The predicted octanol–water partition coefficient (Wildman–Crippen LogP) is 7.56. The molecule has 4 aromatic rings. The Morgan fingerprint density at radius 3 is 2.09 bits per heavy atom. The maximum absolute atomic E-state index is 14.4. The van der Waals surface area contributed by atoms with Crippen LogP contribution in [0.25, 0.3) is 11.1 Å². The maximum Gasteiger partial charge on any atom is 0.310 e. The fourth-order valence-electron chi connectivity index (χ4n) is 4.40. The molecule has 0 amide bonds. The van der Waals surface area contributed by atoms with E-state index in [1.54, 1.807) is 54.6 Å². The van der Waals surface area contributed by atoms with E-state index in [1.165, 1.54) is 12.3 Å². The van der Waals surface area contributed by atoms with Gasteiger partial charge in [-0.15, -0.1) is 0 Å². The number of nitrogens with two attached hydrogens (primary N) is 1. The lowest BCUT2D eigenvalue weighted by Gasteiger charge is -2.40. The zero-order valence-electron chi connectivity index (χ0n) is 17.8. The highest BCUT2D eigenvalue weighted by molar-refractivity contribution is 8.45. The Morgan fingerprint density at radius 2 is 1.40 bits per heavy atom. The van der Waals surface area contributed by atoms with Crippen LogP contribution in [0, 0.1) is 5.95 Å². The normalized spacial score (nSPS) is 19.4. The number of benzene rings is 3. The predicted molar refractivity (Wildman–Crippen MR) is 125 cm³/mol. The van der Waals surface area contributed by atoms with E-state index in [4.69, 9.17) is 5.73 Å². The van der Waals surface area contributed by atoms with Gasteiger partial charge in [0.1, 0.15) is 16.3 Å². The number of hydrogen-bond donors (Lipinski definition) is 1. The molecule has 2 N–H and O–H groups in total. The maximum atomic E-state index is 14.4. The molecule has 1 unspecified atom stereocenters. The van der Waals surface area contributed by atoms with Crippen molar-refractivity contribution in [3.63, 3.8) is 0 Å². The molecule has 2 heterocycles. The first kappa shape index (κ1) is 23.0. The minimum Gasteiger partial charge on any atom is -0.383 e. The average molecular weight is 505 g/mol. The van der Waals surface area contributed by atoms with E-state index in [0.717, 1.165) is 12.1 Å². The summed E-state index contributed by atoms with van der Waals surface area (Å²) in [6.45, 7) is 0. The fraction of sp³-hybridized carbons (Fsp3) is 0.0400. The minimum absolute atomic E-state index is 0.135. The van der Waals surface area contributed by atoms with Gasteiger partial charge in [-0.05, 0) is 52.6 Å². The molecule has 1 aromatic heterocycles. The number of halogens is 6. The molecule has 180 valence electrons. The third-order valence-electron chi connectivity index (χ3n) is 5.95. The first-order chi connectivity index (χ1) is 16.3. The van der Waals surface area contributed by atoms with Gasteiger partial charge in [-0.1, -0.05) is 74.0 Å². The van der Waals surface area contributed by atoms with Crippen LogP contribution in [0.1, 0.15) is 22.3 Å². The zero-order chi connectivity index (χ0) is 25.1. The second-order valence-corrected chi connectivity index (χ2v) is 10.6. The van der Waals surface area contributed by atoms with Crippen molar-refractivity contribution in [3.05, 3.63) is 119 Å². The Hall–Kier alpha value is -3.79.